The third-order valence-electron chi connectivity index (χ3n) is 3.37. The number of rotatable bonds is 3. The van der Waals surface area contributed by atoms with E-state index in [-0.39, 0.29) is 11.9 Å². The second-order valence-corrected chi connectivity index (χ2v) is 4.86. The van der Waals surface area contributed by atoms with Crippen molar-refractivity contribution in [3.63, 3.8) is 0 Å². The maximum absolute atomic E-state index is 9.44. The van der Waals surface area contributed by atoms with Gasteiger partial charge in [0.2, 0.25) is 0 Å². The van der Waals surface area contributed by atoms with E-state index in [9.17, 15) is 5.11 Å². The Bertz CT molecular complexity index is 612. The van der Waals surface area contributed by atoms with Gasteiger partial charge in [-0.3, -0.25) is 0 Å². The quantitative estimate of drug-likeness (QED) is 0.901. The Labute approximate surface area is 118 Å². The zero-order chi connectivity index (χ0) is 13.9. The summed E-state index contributed by atoms with van der Waals surface area (Å²) in [5.41, 5.74) is 2.02. The molecule has 3 rings (SSSR count). The maximum Gasteiger partial charge on any atom is 0.143 e. The number of hydrogen-bond donors (Lipinski definition) is 2. The van der Waals surface area contributed by atoms with Crippen molar-refractivity contribution in [2.45, 2.75) is 12.5 Å². The molecule has 4 heteroatoms. The molecule has 0 saturated heterocycles. The molecule has 0 saturated carbocycles. The lowest BCUT2D eigenvalue weighted by atomic mass is 10.1. The smallest absolute Gasteiger partial charge is 0.143 e. The van der Waals surface area contributed by atoms with Crippen LogP contribution >= 0.6 is 0 Å². The van der Waals surface area contributed by atoms with E-state index in [0.29, 0.717) is 6.54 Å². The molecule has 1 unspecified atom stereocenters. The van der Waals surface area contributed by atoms with Crippen LogP contribution in [-0.4, -0.2) is 24.9 Å². The van der Waals surface area contributed by atoms with Gasteiger partial charge < -0.3 is 19.9 Å². The lowest BCUT2D eigenvalue weighted by molar-refractivity contribution is 0.206. The number of aromatic hydroxyl groups is 1. The summed E-state index contributed by atoms with van der Waals surface area (Å²) >= 11 is 0. The Morgan fingerprint density at radius 3 is 3.05 bits per heavy atom. The second-order valence-electron chi connectivity index (χ2n) is 4.86. The molecule has 1 aliphatic rings. The Morgan fingerprint density at radius 2 is 2.20 bits per heavy atom. The van der Waals surface area contributed by atoms with E-state index in [1.165, 1.54) is 5.56 Å². The third-order valence-corrected chi connectivity index (χ3v) is 3.37. The first-order chi connectivity index (χ1) is 9.74. The minimum Gasteiger partial charge on any atom is -0.508 e. The van der Waals surface area contributed by atoms with Crippen LogP contribution in [0.15, 0.2) is 42.5 Å². The van der Waals surface area contributed by atoms with Gasteiger partial charge in [0.1, 0.15) is 23.4 Å². The summed E-state index contributed by atoms with van der Waals surface area (Å²) in [4.78, 5) is 0. The highest BCUT2D eigenvalue weighted by Gasteiger charge is 2.20. The highest BCUT2D eigenvalue weighted by molar-refractivity contribution is 5.60. The van der Waals surface area contributed by atoms with Crippen LogP contribution in [0.1, 0.15) is 5.56 Å². The summed E-state index contributed by atoms with van der Waals surface area (Å²) in [5, 5.41) is 12.7. The van der Waals surface area contributed by atoms with Crippen LogP contribution in [0.4, 0.5) is 5.69 Å². The fourth-order valence-electron chi connectivity index (χ4n) is 2.38. The molecule has 0 aliphatic carbocycles. The molecule has 0 radical (unpaired) electrons. The molecule has 20 heavy (non-hydrogen) atoms. The molecule has 1 heterocycles. The molecule has 2 aromatic carbocycles. The second kappa shape index (κ2) is 5.33. The highest BCUT2D eigenvalue weighted by atomic mass is 16.5. The first kappa shape index (κ1) is 12.7. The molecule has 104 valence electrons. The average Bonchev–Trinajstić information content (AvgIpc) is 2.47. The van der Waals surface area contributed by atoms with Crippen molar-refractivity contribution in [3.05, 3.63) is 48.0 Å². The van der Waals surface area contributed by atoms with Gasteiger partial charge in [0.05, 0.1) is 19.3 Å². The largest absolute Gasteiger partial charge is 0.508 e. The number of methoxy groups -OCH3 is 1. The summed E-state index contributed by atoms with van der Waals surface area (Å²) in [6, 6.07) is 13.1. The number of phenolic OH excluding ortho intramolecular Hbond substituents is 1. The van der Waals surface area contributed by atoms with Crippen LogP contribution in [0.25, 0.3) is 0 Å². The van der Waals surface area contributed by atoms with Crippen molar-refractivity contribution in [3.8, 4) is 17.2 Å². The van der Waals surface area contributed by atoms with Crippen LogP contribution in [0.2, 0.25) is 0 Å². The third kappa shape index (κ3) is 2.64. The van der Waals surface area contributed by atoms with Gasteiger partial charge in [-0.25, -0.2) is 0 Å². The summed E-state index contributed by atoms with van der Waals surface area (Å²) in [5.74, 6) is 1.88. The number of ether oxygens (including phenoxy) is 2. The van der Waals surface area contributed by atoms with Crippen molar-refractivity contribution in [2.24, 2.45) is 0 Å². The predicted molar refractivity (Wildman–Crippen MR) is 77.7 cm³/mol. The molecular formula is C16H17NO3. The molecule has 0 amide bonds. The Balaban J connectivity index is 1.72. The van der Waals surface area contributed by atoms with Gasteiger partial charge in [-0.05, 0) is 29.8 Å². The van der Waals surface area contributed by atoms with Crippen molar-refractivity contribution in [1.82, 2.24) is 0 Å². The van der Waals surface area contributed by atoms with E-state index in [2.05, 4.69) is 11.4 Å². The van der Waals surface area contributed by atoms with E-state index < -0.39 is 0 Å². The normalized spacial score (nSPS) is 16.8. The van der Waals surface area contributed by atoms with Gasteiger partial charge in [0.25, 0.3) is 0 Å². The number of phenols is 1. The molecule has 2 N–H and O–H groups in total. The molecular weight excluding hydrogens is 254 g/mol. The summed E-state index contributed by atoms with van der Waals surface area (Å²) in [6.45, 7) is 0.716. The van der Waals surface area contributed by atoms with E-state index in [1.807, 2.05) is 18.2 Å². The highest BCUT2D eigenvalue weighted by Crippen LogP contribution is 2.32. The Hall–Kier alpha value is -2.36. The molecule has 1 atom stereocenters. The van der Waals surface area contributed by atoms with Crippen molar-refractivity contribution in [1.29, 1.82) is 0 Å². The molecule has 2 aromatic rings. The summed E-state index contributed by atoms with van der Waals surface area (Å²) < 4.78 is 11.2. The number of nitrogens with one attached hydrogen (secondary N) is 1. The fraction of sp³-hybridized carbons (Fsp3) is 0.250. The predicted octanol–water partition coefficient (Wildman–Crippen LogP) is 2.82. The standard InChI is InChI=1S/C16H17NO3/c1-19-13-4-2-3-11(7-13)8-14-10-17-15-9-12(18)5-6-16(15)20-14/h2-7,9,14,17-18H,8,10H2,1H3. The molecule has 4 nitrogen and oxygen atoms in total. The fourth-order valence-corrected chi connectivity index (χ4v) is 2.38. The number of hydrogen-bond acceptors (Lipinski definition) is 4. The lowest BCUT2D eigenvalue weighted by Gasteiger charge is -2.27. The minimum absolute atomic E-state index is 0.0687. The van der Waals surface area contributed by atoms with E-state index in [1.54, 1.807) is 25.3 Å². The van der Waals surface area contributed by atoms with Crippen molar-refractivity contribution >= 4 is 5.69 Å². The maximum atomic E-state index is 9.44. The van der Waals surface area contributed by atoms with Gasteiger partial charge in [0, 0.05) is 12.5 Å². The zero-order valence-electron chi connectivity index (χ0n) is 11.3. The summed E-state index contributed by atoms with van der Waals surface area (Å²) in [6.07, 6.45) is 0.879. The molecule has 0 fully saturated rings. The van der Waals surface area contributed by atoms with Crippen LogP contribution < -0.4 is 14.8 Å². The number of anilines is 1. The Kier molecular flexibility index (Phi) is 3.37. The minimum atomic E-state index is 0.0687. The first-order valence-electron chi connectivity index (χ1n) is 6.61. The van der Waals surface area contributed by atoms with Gasteiger partial charge in [-0.15, -0.1) is 0 Å². The van der Waals surface area contributed by atoms with E-state index >= 15 is 0 Å². The topological polar surface area (TPSA) is 50.7 Å². The van der Waals surface area contributed by atoms with Gasteiger partial charge >= 0.3 is 0 Å². The zero-order valence-corrected chi connectivity index (χ0v) is 11.3. The average molecular weight is 271 g/mol. The van der Waals surface area contributed by atoms with Crippen molar-refractivity contribution < 1.29 is 14.6 Å². The molecule has 0 aromatic heterocycles. The van der Waals surface area contributed by atoms with Crippen LogP contribution in [0.3, 0.4) is 0 Å². The lowest BCUT2D eigenvalue weighted by Crippen LogP contribution is -2.32. The van der Waals surface area contributed by atoms with Gasteiger partial charge in [0.15, 0.2) is 0 Å². The van der Waals surface area contributed by atoms with E-state index in [4.69, 9.17) is 9.47 Å². The van der Waals surface area contributed by atoms with Crippen LogP contribution in [0.5, 0.6) is 17.2 Å². The first-order valence-corrected chi connectivity index (χ1v) is 6.61. The van der Waals surface area contributed by atoms with E-state index in [0.717, 1.165) is 23.6 Å². The molecule has 0 spiro atoms. The SMILES string of the molecule is COc1cccc(CC2CNc3cc(O)ccc3O2)c1. The van der Waals surface area contributed by atoms with Crippen LogP contribution in [0, 0.1) is 0 Å². The number of benzene rings is 2. The molecule has 1 aliphatic heterocycles. The van der Waals surface area contributed by atoms with Gasteiger partial charge in [-0.2, -0.15) is 0 Å². The number of fused-ring (bicyclic) bond motifs is 1. The van der Waals surface area contributed by atoms with Gasteiger partial charge in [-0.1, -0.05) is 12.1 Å². The van der Waals surface area contributed by atoms with Crippen molar-refractivity contribution in [2.75, 3.05) is 19.0 Å². The molecule has 0 bridgehead atoms. The Morgan fingerprint density at radius 1 is 1.30 bits per heavy atom. The summed E-state index contributed by atoms with van der Waals surface area (Å²) in [7, 11) is 1.67. The monoisotopic (exact) mass is 271 g/mol. The van der Waals surface area contributed by atoms with Crippen LogP contribution in [-0.2, 0) is 6.42 Å².